The van der Waals surface area contributed by atoms with Gasteiger partial charge in [-0.2, -0.15) is 0 Å². The molecule has 1 aliphatic heterocycles. The molecular formula is C17H22N6OS. The van der Waals surface area contributed by atoms with Crippen molar-refractivity contribution in [2.24, 2.45) is 7.05 Å². The second kappa shape index (κ2) is 7.13. The van der Waals surface area contributed by atoms with Crippen LogP contribution in [-0.2, 0) is 7.05 Å². The van der Waals surface area contributed by atoms with Gasteiger partial charge in [0.25, 0.3) is 5.91 Å². The monoisotopic (exact) mass is 358 g/mol. The fraction of sp³-hybridized carbons (Fsp3) is 0.529. The third kappa shape index (κ3) is 3.85. The molecule has 0 aromatic carbocycles. The molecule has 132 valence electrons. The Hall–Kier alpha value is -1.93. The van der Waals surface area contributed by atoms with E-state index in [9.17, 15) is 4.79 Å². The third-order valence-corrected chi connectivity index (χ3v) is 5.65. The van der Waals surface area contributed by atoms with Crippen LogP contribution in [0.5, 0.6) is 0 Å². The van der Waals surface area contributed by atoms with Crippen LogP contribution in [0.4, 0.5) is 0 Å². The highest BCUT2D eigenvalue weighted by atomic mass is 32.2. The minimum Gasteiger partial charge on any atom is -0.349 e. The zero-order valence-electron chi connectivity index (χ0n) is 14.2. The lowest BCUT2D eigenvalue weighted by atomic mass is 9.97. The van der Waals surface area contributed by atoms with Crippen molar-refractivity contribution < 1.29 is 4.79 Å². The predicted molar refractivity (Wildman–Crippen MR) is 94.7 cm³/mol. The van der Waals surface area contributed by atoms with E-state index in [0.29, 0.717) is 17.5 Å². The summed E-state index contributed by atoms with van der Waals surface area (Å²) in [6, 6.07) is 3.92. The van der Waals surface area contributed by atoms with E-state index in [1.807, 2.05) is 13.1 Å². The van der Waals surface area contributed by atoms with Gasteiger partial charge in [0.1, 0.15) is 10.9 Å². The van der Waals surface area contributed by atoms with Crippen LogP contribution in [0, 0.1) is 0 Å². The van der Waals surface area contributed by atoms with Crippen molar-refractivity contribution >= 4 is 17.7 Å². The molecule has 2 aromatic rings. The molecule has 1 aliphatic carbocycles. The highest BCUT2D eigenvalue weighted by Gasteiger charge is 2.24. The van der Waals surface area contributed by atoms with Crippen LogP contribution in [0.3, 0.4) is 0 Å². The number of nitrogens with one attached hydrogen (secondary N) is 2. The Morgan fingerprint density at radius 3 is 2.84 bits per heavy atom. The fourth-order valence-corrected chi connectivity index (χ4v) is 3.85. The number of carbonyl (C=O) groups excluding carboxylic acids is 1. The number of carbonyl (C=O) groups is 1. The van der Waals surface area contributed by atoms with Gasteiger partial charge in [0, 0.05) is 30.8 Å². The Morgan fingerprint density at radius 1 is 1.28 bits per heavy atom. The second-order valence-electron chi connectivity index (χ2n) is 6.66. The van der Waals surface area contributed by atoms with Crippen molar-refractivity contribution in [2.75, 3.05) is 13.1 Å². The van der Waals surface area contributed by atoms with Crippen LogP contribution < -0.4 is 10.6 Å². The van der Waals surface area contributed by atoms with Crippen LogP contribution >= 0.6 is 11.8 Å². The zero-order chi connectivity index (χ0) is 17.2. The molecule has 0 bridgehead atoms. The molecule has 3 heterocycles. The van der Waals surface area contributed by atoms with Gasteiger partial charge in [-0.05, 0) is 62.7 Å². The van der Waals surface area contributed by atoms with E-state index in [1.54, 1.807) is 12.3 Å². The Balaban J connectivity index is 1.48. The zero-order valence-corrected chi connectivity index (χ0v) is 15.1. The highest BCUT2D eigenvalue weighted by Crippen LogP contribution is 2.29. The Bertz CT molecular complexity index is 766. The SMILES string of the molecule is Cn1c(Sc2cc(C(=O)NC3CC3)ccn2)nnc1C1CCNCC1. The molecular weight excluding hydrogens is 336 g/mol. The van der Waals surface area contributed by atoms with Crippen molar-refractivity contribution in [1.82, 2.24) is 30.4 Å². The standard InChI is InChI=1S/C17H22N6OS/c1-23-15(11-4-7-18-8-5-11)21-22-17(23)25-14-10-12(6-9-19-14)16(24)20-13-2-3-13/h6,9-11,13,18H,2-5,7-8H2,1H3,(H,20,24). The molecule has 2 aromatic heterocycles. The summed E-state index contributed by atoms with van der Waals surface area (Å²) in [5.74, 6) is 1.46. The first kappa shape index (κ1) is 16.5. The maximum Gasteiger partial charge on any atom is 0.251 e. The quantitative estimate of drug-likeness (QED) is 0.847. The van der Waals surface area contributed by atoms with Crippen molar-refractivity contribution in [3.8, 4) is 0 Å². The molecule has 7 nitrogen and oxygen atoms in total. The summed E-state index contributed by atoms with van der Waals surface area (Å²) in [6.07, 6.45) is 6.01. The van der Waals surface area contributed by atoms with E-state index in [4.69, 9.17) is 0 Å². The van der Waals surface area contributed by atoms with Crippen LogP contribution in [0.15, 0.2) is 28.5 Å². The number of amides is 1. The number of hydrogen-bond donors (Lipinski definition) is 2. The van der Waals surface area contributed by atoms with Gasteiger partial charge in [-0.15, -0.1) is 10.2 Å². The van der Waals surface area contributed by atoms with Crippen molar-refractivity contribution in [1.29, 1.82) is 0 Å². The Morgan fingerprint density at radius 2 is 2.08 bits per heavy atom. The van der Waals surface area contributed by atoms with Gasteiger partial charge >= 0.3 is 0 Å². The van der Waals surface area contributed by atoms with E-state index >= 15 is 0 Å². The van der Waals surface area contributed by atoms with E-state index in [-0.39, 0.29) is 5.91 Å². The van der Waals surface area contributed by atoms with Crippen LogP contribution in [-0.4, -0.2) is 44.8 Å². The Labute approximate surface area is 151 Å². The largest absolute Gasteiger partial charge is 0.349 e. The molecule has 0 radical (unpaired) electrons. The minimum atomic E-state index is -0.0277. The lowest BCUT2D eigenvalue weighted by Crippen LogP contribution is -2.27. The number of aromatic nitrogens is 4. The molecule has 2 aliphatic rings. The van der Waals surface area contributed by atoms with Gasteiger partial charge in [-0.25, -0.2) is 4.98 Å². The number of pyridine rings is 1. The molecule has 25 heavy (non-hydrogen) atoms. The van der Waals surface area contributed by atoms with E-state index in [1.165, 1.54) is 11.8 Å². The second-order valence-corrected chi connectivity index (χ2v) is 7.64. The normalized spacial score (nSPS) is 18.3. The lowest BCUT2D eigenvalue weighted by molar-refractivity contribution is 0.0950. The van der Waals surface area contributed by atoms with Gasteiger partial charge in [0.15, 0.2) is 5.16 Å². The van der Waals surface area contributed by atoms with Gasteiger partial charge in [-0.3, -0.25) is 4.79 Å². The van der Waals surface area contributed by atoms with E-state index in [2.05, 4.69) is 30.4 Å². The molecule has 0 unspecified atom stereocenters. The van der Waals surface area contributed by atoms with Gasteiger partial charge < -0.3 is 15.2 Å². The van der Waals surface area contributed by atoms with Gasteiger partial charge in [-0.1, -0.05) is 0 Å². The van der Waals surface area contributed by atoms with Crippen LogP contribution in [0.2, 0.25) is 0 Å². The number of hydrogen-bond acceptors (Lipinski definition) is 6. The topological polar surface area (TPSA) is 84.7 Å². The first-order chi connectivity index (χ1) is 12.2. The lowest BCUT2D eigenvalue weighted by Gasteiger charge is -2.21. The minimum absolute atomic E-state index is 0.0277. The third-order valence-electron chi connectivity index (χ3n) is 4.68. The van der Waals surface area contributed by atoms with E-state index in [0.717, 1.165) is 54.8 Å². The van der Waals surface area contributed by atoms with Crippen molar-refractivity contribution in [3.05, 3.63) is 29.7 Å². The fourth-order valence-electron chi connectivity index (χ4n) is 3.05. The predicted octanol–water partition coefficient (Wildman–Crippen LogP) is 1.72. The summed E-state index contributed by atoms with van der Waals surface area (Å²) in [5, 5.41) is 16.7. The van der Waals surface area contributed by atoms with Gasteiger partial charge in [0.2, 0.25) is 0 Å². The average Bonchev–Trinajstić information content (AvgIpc) is 3.39. The summed E-state index contributed by atoms with van der Waals surface area (Å²) in [5.41, 5.74) is 0.644. The summed E-state index contributed by atoms with van der Waals surface area (Å²) in [4.78, 5) is 16.6. The van der Waals surface area contributed by atoms with Crippen LogP contribution in [0.25, 0.3) is 0 Å². The molecule has 2 fully saturated rings. The molecule has 1 saturated heterocycles. The smallest absolute Gasteiger partial charge is 0.251 e. The summed E-state index contributed by atoms with van der Waals surface area (Å²) in [7, 11) is 2.00. The average molecular weight is 358 g/mol. The van der Waals surface area contributed by atoms with Crippen molar-refractivity contribution in [2.45, 2.75) is 47.8 Å². The molecule has 4 rings (SSSR count). The first-order valence-corrected chi connectivity index (χ1v) is 9.57. The van der Waals surface area contributed by atoms with Crippen LogP contribution in [0.1, 0.15) is 47.8 Å². The summed E-state index contributed by atoms with van der Waals surface area (Å²) in [6.45, 7) is 2.05. The summed E-state index contributed by atoms with van der Waals surface area (Å²) < 4.78 is 2.05. The highest BCUT2D eigenvalue weighted by molar-refractivity contribution is 7.99. The molecule has 0 atom stereocenters. The molecule has 1 saturated carbocycles. The molecule has 8 heteroatoms. The number of rotatable bonds is 5. The first-order valence-electron chi connectivity index (χ1n) is 8.75. The molecule has 0 spiro atoms. The van der Waals surface area contributed by atoms with Crippen molar-refractivity contribution in [3.63, 3.8) is 0 Å². The number of nitrogens with zero attached hydrogens (tertiary/aromatic N) is 4. The van der Waals surface area contributed by atoms with E-state index < -0.39 is 0 Å². The summed E-state index contributed by atoms with van der Waals surface area (Å²) >= 11 is 1.45. The molecule has 2 N–H and O–H groups in total. The molecule has 1 amide bonds. The maximum atomic E-state index is 12.2. The van der Waals surface area contributed by atoms with Gasteiger partial charge in [0.05, 0.1) is 0 Å². The Kier molecular flexibility index (Phi) is 4.72. The number of piperidine rings is 1. The maximum absolute atomic E-state index is 12.2.